The number of halogens is 2. The Kier molecular flexibility index (Phi) is 6.84. The molecule has 0 aliphatic rings. The van der Waals surface area contributed by atoms with Crippen molar-refractivity contribution in [3.8, 4) is 11.5 Å². The number of carbonyl (C=O) groups excluding carboxylic acids is 1. The first-order chi connectivity index (χ1) is 11.5. The first-order valence-corrected chi connectivity index (χ1v) is 8.70. The second-order valence-electron chi connectivity index (χ2n) is 5.14. The standard InChI is InChI=1S/C18H19FINO3/c1-3-4-9-24-17-8-6-13(23-2)11-16(17)21-18(22)14-10-12(19)5-7-15(14)20/h5-8,10-11H,3-4,9H2,1-2H3,(H,21,22). The first-order valence-electron chi connectivity index (χ1n) is 7.62. The van der Waals surface area contributed by atoms with Crippen LogP contribution in [0.3, 0.4) is 0 Å². The number of ether oxygens (including phenoxy) is 2. The van der Waals surface area contributed by atoms with E-state index in [1.54, 1.807) is 31.4 Å². The number of carbonyl (C=O) groups is 1. The number of unbranched alkanes of at least 4 members (excludes halogenated alkanes) is 1. The average Bonchev–Trinajstić information content (AvgIpc) is 2.58. The molecule has 0 saturated heterocycles. The van der Waals surface area contributed by atoms with Gasteiger partial charge in [-0.2, -0.15) is 0 Å². The molecule has 0 spiro atoms. The second-order valence-corrected chi connectivity index (χ2v) is 6.30. The number of anilines is 1. The summed E-state index contributed by atoms with van der Waals surface area (Å²) in [5, 5.41) is 2.78. The molecule has 0 atom stereocenters. The van der Waals surface area contributed by atoms with E-state index in [0.29, 0.717) is 27.4 Å². The lowest BCUT2D eigenvalue weighted by Crippen LogP contribution is -2.15. The zero-order valence-corrected chi connectivity index (χ0v) is 15.7. The van der Waals surface area contributed by atoms with Crippen molar-refractivity contribution in [1.82, 2.24) is 0 Å². The van der Waals surface area contributed by atoms with Crippen LogP contribution in [0.2, 0.25) is 0 Å². The van der Waals surface area contributed by atoms with E-state index in [4.69, 9.17) is 9.47 Å². The Morgan fingerprint density at radius 3 is 2.75 bits per heavy atom. The molecule has 0 radical (unpaired) electrons. The van der Waals surface area contributed by atoms with Gasteiger partial charge in [-0.25, -0.2) is 4.39 Å². The van der Waals surface area contributed by atoms with E-state index in [-0.39, 0.29) is 5.56 Å². The van der Waals surface area contributed by atoms with Crippen LogP contribution in [0.25, 0.3) is 0 Å². The third-order valence-electron chi connectivity index (χ3n) is 3.36. The maximum atomic E-state index is 13.4. The Hall–Kier alpha value is -1.83. The molecular weight excluding hydrogens is 424 g/mol. The lowest BCUT2D eigenvalue weighted by Gasteiger charge is -2.14. The molecule has 0 aliphatic carbocycles. The van der Waals surface area contributed by atoms with Crippen molar-refractivity contribution in [2.24, 2.45) is 0 Å². The van der Waals surface area contributed by atoms with Gasteiger partial charge in [0.25, 0.3) is 5.91 Å². The lowest BCUT2D eigenvalue weighted by atomic mass is 10.2. The van der Waals surface area contributed by atoms with Crippen LogP contribution in [-0.4, -0.2) is 19.6 Å². The maximum absolute atomic E-state index is 13.4. The van der Waals surface area contributed by atoms with Gasteiger partial charge in [-0.1, -0.05) is 13.3 Å². The molecule has 0 unspecified atom stereocenters. The predicted octanol–water partition coefficient (Wildman–Crippen LogP) is 4.87. The van der Waals surface area contributed by atoms with Crippen LogP contribution in [0.1, 0.15) is 30.1 Å². The number of hydrogen-bond donors (Lipinski definition) is 1. The molecule has 2 aromatic carbocycles. The molecule has 0 bridgehead atoms. The number of nitrogens with one attached hydrogen (secondary N) is 1. The van der Waals surface area contributed by atoms with Crippen LogP contribution < -0.4 is 14.8 Å². The fourth-order valence-corrected chi connectivity index (χ4v) is 2.63. The number of benzene rings is 2. The smallest absolute Gasteiger partial charge is 0.256 e. The summed E-state index contributed by atoms with van der Waals surface area (Å²) >= 11 is 2.00. The Labute approximate surface area is 154 Å². The highest BCUT2D eigenvalue weighted by Gasteiger charge is 2.15. The summed E-state index contributed by atoms with van der Waals surface area (Å²) in [7, 11) is 1.55. The third-order valence-corrected chi connectivity index (χ3v) is 4.30. The Morgan fingerprint density at radius 2 is 2.04 bits per heavy atom. The Bertz CT molecular complexity index is 721. The number of methoxy groups -OCH3 is 1. The van der Waals surface area contributed by atoms with Gasteiger partial charge in [-0.3, -0.25) is 4.79 Å². The molecule has 128 valence electrons. The molecule has 6 heteroatoms. The normalized spacial score (nSPS) is 10.3. The number of hydrogen-bond acceptors (Lipinski definition) is 3. The van der Waals surface area contributed by atoms with Crippen molar-refractivity contribution in [3.05, 3.63) is 51.3 Å². The van der Waals surface area contributed by atoms with Crippen molar-refractivity contribution >= 4 is 34.2 Å². The molecule has 1 amide bonds. The maximum Gasteiger partial charge on any atom is 0.256 e. The van der Waals surface area contributed by atoms with E-state index in [0.717, 1.165) is 12.8 Å². The molecule has 0 heterocycles. The van der Waals surface area contributed by atoms with Gasteiger partial charge >= 0.3 is 0 Å². The van der Waals surface area contributed by atoms with Crippen molar-refractivity contribution < 1.29 is 18.7 Å². The topological polar surface area (TPSA) is 47.6 Å². The molecule has 0 aliphatic heterocycles. The highest BCUT2D eigenvalue weighted by atomic mass is 127. The van der Waals surface area contributed by atoms with E-state index >= 15 is 0 Å². The summed E-state index contributed by atoms with van der Waals surface area (Å²) in [6.45, 7) is 2.63. The molecule has 0 aromatic heterocycles. The summed E-state index contributed by atoms with van der Waals surface area (Å²) < 4.78 is 25.0. The molecule has 4 nitrogen and oxygen atoms in total. The van der Waals surface area contributed by atoms with Gasteiger partial charge in [0.15, 0.2) is 0 Å². The Morgan fingerprint density at radius 1 is 1.25 bits per heavy atom. The van der Waals surface area contributed by atoms with Crippen LogP contribution in [0.5, 0.6) is 11.5 Å². The number of rotatable bonds is 7. The minimum atomic E-state index is -0.453. The predicted molar refractivity (Wildman–Crippen MR) is 100 cm³/mol. The summed E-state index contributed by atoms with van der Waals surface area (Å²) in [4.78, 5) is 12.5. The van der Waals surface area contributed by atoms with E-state index in [2.05, 4.69) is 12.2 Å². The minimum absolute atomic E-state index is 0.276. The van der Waals surface area contributed by atoms with Gasteiger partial charge in [-0.05, 0) is 59.3 Å². The van der Waals surface area contributed by atoms with Gasteiger partial charge in [0.05, 0.1) is 25.0 Å². The fourth-order valence-electron chi connectivity index (χ4n) is 2.05. The zero-order chi connectivity index (χ0) is 17.5. The van der Waals surface area contributed by atoms with Gasteiger partial charge in [0, 0.05) is 9.64 Å². The van der Waals surface area contributed by atoms with E-state index in [1.807, 2.05) is 22.6 Å². The van der Waals surface area contributed by atoms with Crippen LogP contribution in [-0.2, 0) is 0 Å². The number of amides is 1. The zero-order valence-electron chi connectivity index (χ0n) is 13.6. The van der Waals surface area contributed by atoms with Crippen LogP contribution in [0.4, 0.5) is 10.1 Å². The van der Waals surface area contributed by atoms with E-state index in [1.165, 1.54) is 12.1 Å². The fraction of sp³-hybridized carbons (Fsp3) is 0.278. The molecular formula is C18H19FINO3. The molecule has 2 rings (SSSR count). The van der Waals surface area contributed by atoms with Gasteiger partial charge in [0.2, 0.25) is 0 Å². The second kappa shape index (κ2) is 8.86. The van der Waals surface area contributed by atoms with Crippen molar-refractivity contribution in [1.29, 1.82) is 0 Å². The monoisotopic (exact) mass is 443 g/mol. The van der Waals surface area contributed by atoms with Gasteiger partial charge < -0.3 is 14.8 Å². The summed E-state index contributed by atoms with van der Waals surface area (Å²) in [6.07, 6.45) is 1.93. The summed E-state index contributed by atoms with van der Waals surface area (Å²) in [6, 6.07) is 9.31. The molecule has 2 aromatic rings. The Balaban J connectivity index is 2.25. The average molecular weight is 443 g/mol. The molecule has 0 saturated carbocycles. The summed E-state index contributed by atoms with van der Waals surface area (Å²) in [5.74, 6) is 0.309. The van der Waals surface area contributed by atoms with Gasteiger partial charge in [0.1, 0.15) is 17.3 Å². The minimum Gasteiger partial charge on any atom is -0.497 e. The largest absolute Gasteiger partial charge is 0.497 e. The van der Waals surface area contributed by atoms with Crippen LogP contribution in [0, 0.1) is 9.39 Å². The highest BCUT2D eigenvalue weighted by molar-refractivity contribution is 14.1. The third kappa shape index (κ3) is 4.83. The highest BCUT2D eigenvalue weighted by Crippen LogP contribution is 2.30. The van der Waals surface area contributed by atoms with Crippen LogP contribution >= 0.6 is 22.6 Å². The van der Waals surface area contributed by atoms with E-state index < -0.39 is 11.7 Å². The molecule has 24 heavy (non-hydrogen) atoms. The first kappa shape index (κ1) is 18.5. The van der Waals surface area contributed by atoms with Gasteiger partial charge in [-0.15, -0.1) is 0 Å². The van der Waals surface area contributed by atoms with E-state index in [9.17, 15) is 9.18 Å². The molecule has 0 fully saturated rings. The van der Waals surface area contributed by atoms with Crippen molar-refractivity contribution in [2.75, 3.05) is 19.0 Å². The van der Waals surface area contributed by atoms with Crippen molar-refractivity contribution in [3.63, 3.8) is 0 Å². The summed E-state index contributed by atoms with van der Waals surface area (Å²) in [5.41, 5.74) is 0.772. The lowest BCUT2D eigenvalue weighted by molar-refractivity contribution is 0.102. The van der Waals surface area contributed by atoms with Crippen molar-refractivity contribution in [2.45, 2.75) is 19.8 Å². The quantitative estimate of drug-likeness (QED) is 0.491. The van der Waals surface area contributed by atoms with Crippen LogP contribution in [0.15, 0.2) is 36.4 Å². The SMILES string of the molecule is CCCCOc1ccc(OC)cc1NC(=O)c1cc(F)ccc1I. The molecule has 1 N–H and O–H groups in total.